The van der Waals surface area contributed by atoms with E-state index < -0.39 is 11.4 Å². The molecule has 13 heavy (non-hydrogen) atoms. The Bertz CT molecular complexity index is 257. The normalized spacial score (nSPS) is 46.7. The highest BCUT2D eigenvalue weighted by Gasteiger charge is 2.58. The molecule has 0 aliphatic heterocycles. The first-order valence-electron chi connectivity index (χ1n) is 5.10. The van der Waals surface area contributed by atoms with Crippen LogP contribution in [0.5, 0.6) is 0 Å². The van der Waals surface area contributed by atoms with E-state index in [1.807, 2.05) is 6.92 Å². The second-order valence-corrected chi connectivity index (χ2v) is 5.75. The van der Waals surface area contributed by atoms with Crippen molar-refractivity contribution >= 4 is 5.97 Å². The van der Waals surface area contributed by atoms with E-state index in [1.54, 1.807) is 0 Å². The standard InChI is InChI=1S/C11H18O2/c1-10(2)5-8-4-7(10)6-11(8,3)9(12)13/h7-8H,4-6H2,1-3H3,(H,12,13). The Kier molecular flexibility index (Phi) is 1.59. The average Bonchev–Trinajstić information content (AvgIpc) is 2.41. The molecule has 3 unspecified atom stereocenters. The van der Waals surface area contributed by atoms with Crippen LogP contribution in [-0.4, -0.2) is 11.1 Å². The van der Waals surface area contributed by atoms with Gasteiger partial charge in [-0.1, -0.05) is 13.8 Å². The fraction of sp³-hybridized carbons (Fsp3) is 0.909. The predicted octanol–water partition coefficient (Wildman–Crippen LogP) is 2.53. The van der Waals surface area contributed by atoms with E-state index in [1.165, 1.54) is 0 Å². The fourth-order valence-corrected chi connectivity index (χ4v) is 3.33. The Morgan fingerprint density at radius 1 is 1.23 bits per heavy atom. The number of carboxylic acid groups (broad SMARTS) is 1. The fourth-order valence-electron chi connectivity index (χ4n) is 3.33. The minimum absolute atomic E-state index is 0.389. The van der Waals surface area contributed by atoms with Crippen molar-refractivity contribution in [2.75, 3.05) is 0 Å². The summed E-state index contributed by atoms with van der Waals surface area (Å²) < 4.78 is 0. The summed E-state index contributed by atoms with van der Waals surface area (Å²) in [5.41, 5.74) is -0.0280. The smallest absolute Gasteiger partial charge is 0.309 e. The Morgan fingerprint density at radius 2 is 1.85 bits per heavy atom. The lowest BCUT2D eigenvalue weighted by Crippen LogP contribution is -2.37. The topological polar surface area (TPSA) is 37.3 Å². The van der Waals surface area contributed by atoms with E-state index >= 15 is 0 Å². The molecule has 2 rings (SSSR count). The lowest BCUT2D eigenvalue weighted by molar-refractivity contribution is -0.152. The van der Waals surface area contributed by atoms with Crippen LogP contribution in [0.4, 0.5) is 0 Å². The van der Waals surface area contributed by atoms with Crippen molar-refractivity contribution in [3.05, 3.63) is 0 Å². The molecule has 1 N–H and O–H groups in total. The Labute approximate surface area is 79.3 Å². The summed E-state index contributed by atoms with van der Waals surface area (Å²) in [5.74, 6) is 0.471. The molecule has 2 saturated carbocycles. The molecular formula is C11H18O2. The van der Waals surface area contributed by atoms with Gasteiger partial charge in [0.1, 0.15) is 0 Å². The lowest BCUT2D eigenvalue weighted by Gasteiger charge is -2.38. The summed E-state index contributed by atoms with van der Waals surface area (Å²) >= 11 is 0. The van der Waals surface area contributed by atoms with Crippen LogP contribution in [0.25, 0.3) is 0 Å². The predicted molar refractivity (Wildman–Crippen MR) is 50.4 cm³/mol. The minimum Gasteiger partial charge on any atom is -0.481 e. The van der Waals surface area contributed by atoms with Crippen molar-refractivity contribution < 1.29 is 9.90 Å². The lowest BCUT2D eigenvalue weighted by atomic mass is 9.66. The van der Waals surface area contributed by atoms with Crippen molar-refractivity contribution in [1.29, 1.82) is 0 Å². The van der Waals surface area contributed by atoms with Crippen molar-refractivity contribution in [1.82, 2.24) is 0 Å². The van der Waals surface area contributed by atoms with Crippen LogP contribution in [0, 0.1) is 22.7 Å². The third kappa shape index (κ3) is 1.04. The molecule has 0 radical (unpaired) electrons. The SMILES string of the molecule is CC1(C)CC2CC1CC2(C)C(=O)O. The third-order valence-corrected chi connectivity index (χ3v) is 4.51. The van der Waals surface area contributed by atoms with Crippen LogP contribution in [0.1, 0.15) is 40.0 Å². The minimum atomic E-state index is -0.587. The Balaban J connectivity index is 2.24. The van der Waals surface area contributed by atoms with Gasteiger partial charge in [-0.25, -0.2) is 0 Å². The number of hydrogen-bond donors (Lipinski definition) is 1. The second-order valence-electron chi connectivity index (χ2n) is 5.75. The Hall–Kier alpha value is -0.530. The van der Waals surface area contributed by atoms with Crippen LogP contribution < -0.4 is 0 Å². The quantitative estimate of drug-likeness (QED) is 0.676. The van der Waals surface area contributed by atoms with Gasteiger partial charge in [-0.15, -0.1) is 0 Å². The van der Waals surface area contributed by atoms with Crippen molar-refractivity contribution in [2.24, 2.45) is 22.7 Å². The van der Waals surface area contributed by atoms with Crippen molar-refractivity contribution in [2.45, 2.75) is 40.0 Å². The summed E-state index contributed by atoms with van der Waals surface area (Å²) in [6, 6.07) is 0. The first-order valence-corrected chi connectivity index (χ1v) is 5.10. The van der Waals surface area contributed by atoms with Gasteiger partial charge in [0.15, 0.2) is 0 Å². The highest BCUT2D eigenvalue weighted by molar-refractivity contribution is 5.75. The summed E-state index contributed by atoms with van der Waals surface area (Å²) in [6.07, 6.45) is 3.12. The van der Waals surface area contributed by atoms with E-state index in [4.69, 9.17) is 5.11 Å². The van der Waals surface area contributed by atoms with Gasteiger partial charge in [0.2, 0.25) is 0 Å². The molecule has 3 atom stereocenters. The van der Waals surface area contributed by atoms with E-state index in [2.05, 4.69) is 13.8 Å². The molecule has 0 aromatic heterocycles. The van der Waals surface area contributed by atoms with Crippen molar-refractivity contribution in [3.63, 3.8) is 0 Å². The van der Waals surface area contributed by atoms with Gasteiger partial charge in [0.05, 0.1) is 5.41 Å². The molecule has 74 valence electrons. The van der Waals surface area contributed by atoms with Crippen LogP contribution >= 0.6 is 0 Å². The van der Waals surface area contributed by atoms with Gasteiger partial charge in [-0.05, 0) is 43.4 Å². The molecule has 2 heteroatoms. The monoisotopic (exact) mass is 182 g/mol. The molecule has 2 aliphatic carbocycles. The van der Waals surface area contributed by atoms with Gasteiger partial charge < -0.3 is 5.11 Å². The van der Waals surface area contributed by atoms with E-state index in [9.17, 15) is 4.79 Å². The molecule has 0 spiro atoms. The molecule has 2 aliphatic rings. The van der Waals surface area contributed by atoms with Crippen LogP contribution in [0.2, 0.25) is 0 Å². The number of fused-ring (bicyclic) bond motifs is 2. The zero-order valence-corrected chi connectivity index (χ0v) is 8.63. The molecule has 2 bridgehead atoms. The van der Waals surface area contributed by atoms with E-state index in [0.717, 1.165) is 19.3 Å². The van der Waals surface area contributed by atoms with Gasteiger partial charge in [-0.2, -0.15) is 0 Å². The second kappa shape index (κ2) is 2.28. The maximum Gasteiger partial charge on any atom is 0.309 e. The number of carboxylic acids is 1. The zero-order chi connectivity index (χ0) is 9.85. The number of rotatable bonds is 1. The molecular weight excluding hydrogens is 164 g/mol. The highest BCUT2D eigenvalue weighted by atomic mass is 16.4. The highest BCUT2D eigenvalue weighted by Crippen LogP contribution is 2.63. The molecule has 0 aromatic carbocycles. The first-order chi connectivity index (χ1) is 5.86. The summed E-state index contributed by atoms with van der Waals surface area (Å²) in [4.78, 5) is 11.1. The molecule has 2 nitrogen and oxygen atoms in total. The number of hydrogen-bond acceptors (Lipinski definition) is 1. The first kappa shape index (κ1) is 9.04. The van der Waals surface area contributed by atoms with Gasteiger partial charge in [0.25, 0.3) is 0 Å². The van der Waals surface area contributed by atoms with Gasteiger partial charge >= 0.3 is 5.97 Å². The molecule has 0 amide bonds. The van der Waals surface area contributed by atoms with Gasteiger partial charge in [0, 0.05) is 0 Å². The maximum absolute atomic E-state index is 11.1. The van der Waals surface area contributed by atoms with Gasteiger partial charge in [-0.3, -0.25) is 4.79 Å². The Morgan fingerprint density at radius 3 is 2.15 bits per heavy atom. The summed E-state index contributed by atoms with van der Waals surface area (Å²) in [6.45, 7) is 6.48. The molecule has 0 heterocycles. The van der Waals surface area contributed by atoms with E-state index in [-0.39, 0.29) is 0 Å². The molecule has 2 fully saturated rings. The van der Waals surface area contributed by atoms with E-state index in [0.29, 0.717) is 17.3 Å². The molecule has 0 aromatic rings. The largest absolute Gasteiger partial charge is 0.481 e. The number of aliphatic carboxylic acids is 1. The summed E-state index contributed by atoms with van der Waals surface area (Å²) in [7, 11) is 0. The van der Waals surface area contributed by atoms with Crippen LogP contribution in [0.15, 0.2) is 0 Å². The molecule has 0 saturated heterocycles. The van der Waals surface area contributed by atoms with Crippen LogP contribution in [-0.2, 0) is 4.79 Å². The van der Waals surface area contributed by atoms with Crippen LogP contribution in [0.3, 0.4) is 0 Å². The average molecular weight is 182 g/mol. The number of carbonyl (C=O) groups is 1. The maximum atomic E-state index is 11.1. The summed E-state index contributed by atoms with van der Waals surface area (Å²) in [5, 5.41) is 9.16. The zero-order valence-electron chi connectivity index (χ0n) is 8.63. The van der Waals surface area contributed by atoms with Crippen molar-refractivity contribution in [3.8, 4) is 0 Å². The third-order valence-electron chi connectivity index (χ3n) is 4.51.